The summed E-state index contributed by atoms with van der Waals surface area (Å²) < 4.78 is 5.46. The van der Waals surface area contributed by atoms with Crippen LogP contribution in [0.1, 0.15) is 78.4 Å². The molecule has 3 unspecified atom stereocenters. The molecule has 0 saturated heterocycles. The maximum atomic E-state index is 12.4. The molecule has 0 spiro atoms. The summed E-state index contributed by atoms with van der Waals surface area (Å²) in [5, 5.41) is 9.14. The van der Waals surface area contributed by atoms with Crippen molar-refractivity contribution >= 4 is 18.2 Å². The van der Waals surface area contributed by atoms with E-state index < -0.39 is 18.0 Å². The normalized spacial score (nSPS) is 15.3. The molecule has 0 bridgehead atoms. The topological polar surface area (TPSA) is 76.0 Å². The first-order valence-corrected chi connectivity index (χ1v) is 10.4. The summed E-state index contributed by atoms with van der Waals surface area (Å²) in [6.07, 6.45) is 2.50. The number of rotatable bonds is 10. The highest BCUT2D eigenvalue weighted by Gasteiger charge is 2.26. The molecule has 29 heavy (non-hydrogen) atoms. The highest BCUT2D eigenvalue weighted by atomic mass is 16.5. The first-order chi connectivity index (χ1) is 13.4. The fourth-order valence-electron chi connectivity index (χ4n) is 3.26. The second-order valence-corrected chi connectivity index (χ2v) is 9.50. The Bertz CT molecular complexity index is 686. The lowest BCUT2D eigenvalue weighted by Gasteiger charge is -2.24. The molecular formula is C24H37NO4. The van der Waals surface area contributed by atoms with Gasteiger partial charge in [0.05, 0.1) is 12.5 Å². The summed E-state index contributed by atoms with van der Waals surface area (Å²) in [6.45, 7) is 14.4. The number of carboxylic acid groups (broad SMARTS) is 1. The van der Waals surface area contributed by atoms with Gasteiger partial charge in [-0.05, 0) is 48.1 Å². The molecular weight excluding hydrogens is 366 g/mol. The minimum Gasteiger partial charge on any atom is -0.481 e. The number of carboxylic acids is 1. The van der Waals surface area contributed by atoms with Crippen LogP contribution in [0.15, 0.2) is 29.3 Å². The van der Waals surface area contributed by atoms with E-state index in [4.69, 9.17) is 9.84 Å². The quantitative estimate of drug-likeness (QED) is 0.426. The second kappa shape index (κ2) is 11.1. The van der Waals surface area contributed by atoms with E-state index in [0.29, 0.717) is 12.3 Å². The van der Waals surface area contributed by atoms with Crippen molar-refractivity contribution in [3.63, 3.8) is 0 Å². The van der Waals surface area contributed by atoms with Crippen LogP contribution >= 0.6 is 0 Å². The number of ether oxygens (including phenoxy) is 1. The van der Waals surface area contributed by atoms with Crippen LogP contribution in [0.4, 0.5) is 0 Å². The second-order valence-electron chi connectivity index (χ2n) is 9.50. The largest absolute Gasteiger partial charge is 0.481 e. The summed E-state index contributed by atoms with van der Waals surface area (Å²) in [6, 6.07) is 7.46. The minimum absolute atomic E-state index is 0.0187. The predicted molar refractivity (Wildman–Crippen MR) is 118 cm³/mol. The Labute approximate surface area is 175 Å². The Morgan fingerprint density at radius 2 is 1.69 bits per heavy atom. The van der Waals surface area contributed by atoms with Crippen LogP contribution in [0.3, 0.4) is 0 Å². The van der Waals surface area contributed by atoms with Crippen LogP contribution in [0, 0.1) is 11.3 Å². The maximum Gasteiger partial charge on any atom is 0.331 e. The number of carbonyl (C=O) groups is 2. The summed E-state index contributed by atoms with van der Waals surface area (Å²) in [4.78, 5) is 27.9. The molecule has 5 nitrogen and oxygen atoms in total. The number of nitrogens with zero attached hydrogens (tertiary/aromatic N) is 1. The van der Waals surface area contributed by atoms with Gasteiger partial charge in [-0.2, -0.15) is 0 Å². The summed E-state index contributed by atoms with van der Waals surface area (Å²) >= 11 is 0. The zero-order valence-corrected chi connectivity index (χ0v) is 18.9. The number of hydrogen-bond donors (Lipinski definition) is 1. The lowest BCUT2D eigenvalue weighted by molar-refractivity contribution is -0.154. The van der Waals surface area contributed by atoms with E-state index in [9.17, 15) is 9.59 Å². The van der Waals surface area contributed by atoms with Crippen molar-refractivity contribution in [2.24, 2.45) is 16.3 Å². The Kier molecular flexibility index (Phi) is 9.54. The zero-order valence-electron chi connectivity index (χ0n) is 18.9. The van der Waals surface area contributed by atoms with Gasteiger partial charge in [-0.25, -0.2) is 4.79 Å². The fourth-order valence-corrected chi connectivity index (χ4v) is 3.26. The number of hydrogen-bond acceptors (Lipinski definition) is 4. The third-order valence-electron chi connectivity index (χ3n) is 4.58. The number of benzene rings is 1. The number of esters is 1. The Morgan fingerprint density at radius 1 is 1.10 bits per heavy atom. The first-order valence-electron chi connectivity index (χ1n) is 10.4. The van der Waals surface area contributed by atoms with Gasteiger partial charge in [0.2, 0.25) is 0 Å². The molecule has 0 aliphatic carbocycles. The lowest BCUT2D eigenvalue weighted by atomic mass is 9.90. The van der Waals surface area contributed by atoms with Gasteiger partial charge in [0.15, 0.2) is 6.04 Å². The van der Waals surface area contributed by atoms with Gasteiger partial charge in [-0.1, -0.05) is 65.8 Å². The molecule has 1 aromatic carbocycles. The molecule has 0 aliphatic heterocycles. The first kappa shape index (κ1) is 24.9. The summed E-state index contributed by atoms with van der Waals surface area (Å²) in [5.41, 5.74) is 2.50. The van der Waals surface area contributed by atoms with Gasteiger partial charge in [-0.3, -0.25) is 9.79 Å². The van der Waals surface area contributed by atoms with Crippen molar-refractivity contribution in [3.8, 4) is 0 Å². The van der Waals surface area contributed by atoms with Crippen molar-refractivity contribution in [2.75, 3.05) is 0 Å². The van der Waals surface area contributed by atoms with Crippen molar-refractivity contribution in [1.29, 1.82) is 0 Å². The molecule has 0 radical (unpaired) electrons. The molecule has 5 heteroatoms. The van der Waals surface area contributed by atoms with Crippen molar-refractivity contribution in [3.05, 3.63) is 35.4 Å². The average Bonchev–Trinajstić information content (AvgIpc) is 2.56. The minimum atomic E-state index is -1.07. The molecule has 0 aliphatic rings. The molecule has 1 rings (SSSR count). The molecule has 3 atom stereocenters. The molecule has 1 aromatic rings. The van der Waals surface area contributed by atoms with E-state index in [1.54, 1.807) is 6.21 Å². The van der Waals surface area contributed by atoms with Crippen molar-refractivity contribution < 1.29 is 19.4 Å². The van der Waals surface area contributed by atoms with E-state index in [-0.39, 0.29) is 23.9 Å². The summed E-state index contributed by atoms with van der Waals surface area (Å²) in [5.74, 6) is -1.07. The van der Waals surface area contributed by atoms with Gasteiger partial charge in [0.25, 0.3) is 0 Å². The van der Waals surface area contributed by atoms with Crippen LogP contribution in [0.5, 0.6) is 0 Å². The molecule has 0 fully saturated rings. The van der Waals surface area contributed by atoms with Crippen LogP contribution < -0.4 is 0 Å². The average molecular weight is 404 g/mol. The van der Waals surface area contributed by atoms with Gasteiger partial charge >= 0.3 is 11.9 Å². The van der Waals surface area contributed by atoms with E-state index in [1.807, 2.05) is 13.8 Å². The van der Waals surface area contributed by atoms with Crippen LogP contribution in [-0.2, 0) is 20.7 Å². The van der Waals surface area contributed by atoms with E-state index >= 15 is 0 Å². The summed E-state index contributed by atoms with van der Waals surface area (Å²) in [7, 11) is 0. The predicted octanol–water partition coefficient (Wildman–Crippen LogP) is 5.27. The Morgan fingerprint density at radius 3 is 2.17 bits per heavy atom. The third kappa shape index (κ3) is 10.2. The van der Waals surface area contributed by atoms with Gasteiger partial charge in [-0.15, -0.1) is 0 Å². The molecule has 0 heterocycles. The molecule has 0 saturated carbocycles. The Hall–Kier alpha value is -2.17. The fraction of sp³-hybridized carbons (Fsp3) is 0.625. The van der Waals surface area contributed by atoms with Crippen molar-refractivity contribution in [1.82, 2.24) is 0 Å². The van der Waals surface area contributed by atoms with Gasteiger partial charge < -0.3 is 9.84 Å². The highest BCUT2D eigenvalue weighted by molar-refractivity contribution is 5.83. The third-order valence-corrected chi connectivity index (χ3v) is 4.58. The standard InChI is InChI=1S/C24H37NO4/c1-16(2)20-10-8-19(9-11-20)12-17(3)15-25-21(13-22(26)27)23(28)29-18(4)14-24(5,6)7/h8-11,15-18,21H,12-14H2,1-7H3,(H,26,27). The van der Waals surface area contributed by atoms with Crippen LogP contribution in [0.25, 0.3) is 0 Å². The van der Waals surface area contributed by atoms with Crippen LogP contribution in [-0.4, -0.2) is 35.4 Å². The lowest BCUT2D eigenvalue weighted by Crippen LogP contribution is -2.30. The zero-order chi connectivity index (χ0) is 22.2. The van der Waals surface area contributed by atoms with E-state index in [1.165, 1.54) is 11.1 Å². The molecule has 1 N–H and O–H groups in total. The number of aliphatic imine (C=N–C) groups is 1. The Balaban J connectivity index is 2.73. The van der Waals surface area contributed by atoms with E-state index in [0.717, 1.165) is 6.42 Å². The monoisotopic (exact) mass is 403 g/mol. The van der Waals surface area contributed by atoms with Gasteiger partial charge in [0, 0.05) is 6.21 Å². The number of aliphatic carboxylic acids is 1. The molecule has 162 valence electrons. The molecule has 0 aromatic heterocycles. The maximum absolute atomic E-state index is 12.4. The molecule has 0 amide bonds. The van der Waals surface area contributed by atoms with Crippen LogP contribution in [0.2, 0.25) is 0 Å². The van der Waals surface area contributed by atoms with Gasteiger partial charge in [0.1, 0.15) is 0 Å². The number of carbonyl (C=O) groups excluding carboxylic acids is 1. The van der Waals surface area contributed by atoms with Crippen molar-refractivity contribution in [2.45, 2.75) is 85.8 Å². The van der Waals surface area contributed by atoms with E-state index in [2.05, 4.69) is 63.9 Å². The smallest absolute Gasteiger partial charge is 0.331 e. The highest BCUT2D eigenvalue weighted by Crippen LogP contribution is 2.22. The SMILES string of the molecule is CC(C=NC(CC(=O)O)C(=O)OC(C)CC(C)(C)C)Cc1ccc(C(C)C)cc1.